The average Bonchev–Trinajstić information content (AvgIpc) is 0.836. The summed E-state index contributed by atoms with van der Waals surface area (Å²) < 4.78 is 0. The van der Waals surface area contributed by atoms with E-state index in [1.165, 1.54) is 0 Å². The molecule has 0 aromatic carbocycles. The Balaban J connectivity index is 6.27. The maximum absolute atomic E-state index is 13.6. The maximum Gasteiger partial charge on any atom is 0.328 e. The van der Waals surface area contributed by atoms with Crippen molar-refractivity contribution >= 4 is 178 Å². The minimum atomic E-state index is -2.43. The smallest absolute Gasteiger partial charge is 0.328 e. The Morgan fingerprint density at radius 1 is 0.175 bits per heavy atom. The Bertz CT molecular complexity index is 4480. The van der Waals surface area contributed by atoms with Crippen molar-refractivity contribution in [2.75, 3.05) is 79.0 Å². The molecule has 0 fully saturated rings. The number of aliphatic hydroxyl groups is 8. The van der Waals surface area contributed by atoms with E-state index in [9.17, 15) is 205 Å². The van der Waals surface area contributed by atoms with Gasteiger partial charge < -0.3 is 206 Å². The Morgan fingerprint density at radius 2 is 0.314 bits per heavy atom. The highest BCUT2D eigenvalue weighted by atomic mass is 16.4. The Kier molecular flexibility index (Phi) is 54.2. The van der Waals surface area contributed by atoms with Crippen LogP contribution >= 0.6 is 0 Å². The molecule has 137 heavy (non-hydrogen) atoms. The van der Waals surface area contributed by atoms with Crippen molar-refractivity contribution in [3.05, 3.63) is 0 Å². The van der Waals surface area contributed by atoms with E-state index in [-0.39, 0.29) is 0 Å². The molecule has 0 unspecified atom stereocenters. The first kappa shape index (κ1) is 121. The van der Waals surface area contributed by atoms with E-state index in [0.29, 0.717) is 0 Å². The third-order valence-electron chi connectivity index (χ3n) is 17.2. The first-order chi connectivity index (χ1) is 63.9. The number of carbonyl (C=O) groups is 30. The molecule has 0 aliphatic rings. The van der Waals surface area contributed by atoms with Crippen molar-refractivity contribution in [2.45, 2.75) is 160 Å². The molecule has 23 amide bonds. The van der Waals surface area contributed by atoms with Crippen LogP contribution in [0.25, 0.3) is 0 Å². The quantitative estimate of drug-likeness (QED) is 0.0269. The third kappa shape index (κ3) is 47.1. The summed E-state index contributed by atoms with van der Waals surface area (Å²) in [5.41, 5.74) is 21.0. The molecule has 0 bridgehead atoms. The molecule has 0 aliphatic carbocycles. The number of primary amides is 3. The fourth-order valence-electron chi connectivity index (χ4n) is 10.4. The van der Waals surface area contributed by atoms with Gasteiger partial charge in [0.2, 0.25) is 136 Å². The number of nitrogens with two attached hydrogens (primary N) is 4. The van der Waals surface area contributed by atoms with Crippen molar-refractivity contribution in [3.63, 3.8) is 0 Å². The monoisotopic (exact) mass is 1970 g/mol. The van der Waals surface area contributed by atoms with Gasteiger partial charge in [0.1, 0.15) is 96.7 Å². The fraction of sp³-hybridized carbons (Fsp3) is 0.559. The van der Waals surface area contributed by atoms with Crippen LogP contribution in [0.5, 0.6) is 0 Å². The number of carboxylic acid groups (broad SMARTS) is 7. The van der Waals surface area contributed by atoms with Crippen LogP contribution in [-0.4, -0.2) is 436 Å². The lowest BCUT2D eigenvalue weighted by Crippen LogP contribution is -2.62. The molecule has 17 atom stereocenters. The van der Waals surface area contributed by atoms with E-state index in [0.717, 1.165) is 0 Å². The number of nitrogens with one attached hydrogen (secondary N) is 20. The number of aliphatic carboxylic acids is 7. The molecule has 0 aliphatic heterocycles. The number of hydrogen-bond acceptors (Lipinski definition) is 39. The van der Waals surface area contributed by atoms with Crippen molar-refractivity contribution in [3.8, 4) is 0 Å². The van der Waals surface area contributed by atoms with E-state index in [1.54, 1.807) is 42.5 Å². The molecule has 0 aromatic rings. The van der Waals surface area contributed by atoms with E-state index < -0.39 is 417 Å². The maximum atomic E-state index is 13.6. The third-order valence-corrected chi connectivity index (χ3v) is 17.2. The van der Waals surface area contributed by atoms with Gasteiger partial charge in [-0.05, 0) is 0 Å². The molecule has 0 radical (unpaired) electrons. The summed E-state index contributed by atoms with van der Waals surface area (Å²) >= 11 is 0. The van der Waals surface area contributed by atoms with E-state index in [2.05, 4.69) is 0 Å². The lowest BCUT2D eigenvalue weighted by molar-refractivity contribution is -0.143. The van der Waals surface area contributed by atoms with Crippen LogP contribution < -0.4 is 129 Å². The number of hydrogen-bond donors (Lipinski definition) is 39. The molecule has 0 saturated carbocycles. The van der Waals surface area contributed by atoms with Crippen LogP contribution in [0.3, 0.4) is 0 Å². The normalized spacial score (nSPS) is 14.4. The summed E-state index contributed by atoms with van der Waals surface area (Å²) in [6, 6.07) is -37.3. The second-order valence-corrected chi connectivity index (χ2v) is 28.1. The van der Waals surface area contributed by atoms with Crippen molar-refractivity contribution in [1.82, 2.24) is 106 Å². The Morgan fingerprint density at radius 3 is 0.489 bits per heavy atom. The largest absolute Gasteiger partial charge is 0.481 e. The van der Waals surface area contributed by atoms with Crippen LogP contribution in [0.4, 0.5) is 0 Å². The zero-order chi connectivity index (χ0) is 105. The Hall–Kier alpha value is -16.3. The van der Waals surface area contributed by atoms with Crippen LogP contribution in [0, 0.1) is 0 Å². The van der Waals surface area contributed by atoms with Gasteiger partial charge in [0.05, 0.1) is 143 Å². The SMILES string of the molecule is NC(=O)C[C@H](NC(=O)[C@H](CO)NC(=O)[C@H](CC(=O)O)NC(=O)[C@H](CO)NC(=O)CNC(=O)[C@H](CO)NC(=O)CNC(=O)[C@H](CC(=O)O)NC(=O)[C@H](CC(N)=O)NC(=O)[C@H](CO)NC(=O)[C@H](CC(=O)O)NC(=O)[C@H](CO)NC(=O)[C@H](CC(=O)O)NC(=O)[C@H](CC(N)=O)NC(=O)[C@H](CO)NC(=O)[C@@H](N)CC(=O)O)C(=O)N[C@@H](CC(=O)O)C(=O)NCC(=O)N[C@@H](CO)C(=O)NCC(=O)N[C@@H](CO)C(=O)O. The molecule has 0 rings (SSSR count). The summed E-state index contributed by atoms with van der Waals surface area (Å²) in [5.74, 6) is -47.6. The van der Waals surface area contributed by atoms with Crippen LogP contribution in [-0.2, 0) is 144 Å². The van der Waals surface area contributed by atoms with Crippen LogP contribution in [0.15, 0.2) is 0 Å². The lowest BCUT2D eigenvalue weighted by atomic mass is 10.1. The molecule has 764 valence electrons. The molecule has 69 nitrogen and oxygen atoms in total. The standard InChI is InChI=1S/C68H102N24O45/c69-22(1-46(108)109)52(120)89-34(17-96)64(132)81-25(4-41(72)103)59(127)86-28(7-49(114)115)60(128)92-37(20-99)67(135)88-30(9-51(118)119)62(130)91-36(19-98)66(134)83-24(3-40(71)102)58(126)85-26(5-47(110)111)53(121)73-10-42(104)77-31(14-93)55(123)75-12-44(106)79-33(16-95)63(131)87-29(8-50(116)117)61(129)90-35(18-97)65(133)82-23(2-39(70)101)57(125)84-27(6-48(112)113)54(122)74-11-43(105)78-32(15-94)56(124)76-13-45(107)80-38(21-100)68(136)137/h22-38,93-100H,1-21,69H2,(H2,70,101)(H2,71,102)(H2,72,103)(H,73,121)(H,74,122)(H,75,123)(H,76,124)(H,77,104)(H,78,105)(H,79,106)(H,80,107)(H,81,132)(H,82,133)(H,83,134)(H,84,125)(H,85,126)(H,86,127)(H,87,131)(H,88,135)(H,89,120)(H,90,129)(H,91,130)(H,92,128)(H,108,109)(H,110,111)(H,112,113)(H,114,115)(H,116,117)(H,118,119)(H,136,137)/t22-,23-,24-,25-,26-,27-,28-,29-,30-,31-,32-,33-,34-,35-,36-,37-,38-/m0/s1. The number of aliphatic hydroxyl groups excluding tert-OH is 8. The summed E-state index contributed by atoms with van der Waals surface area (Å²) in [5, 5.41) is 181. The molecule has 0 spiro atoms. The van der Waals surface area contributed by atoms with Gasteiger partial charge in [0.15, 0.2) is 0 Å². The number of carboxylic acids is 7. The van der Waals surface area contributed by atoms with Gasteiger partial charge in [0, 0.05) is 0 Å². The number of amides is 23. The van der Waals surface area contributed by atoms with Gasteiger partial charge >= 0.3 is 41.8 Å². The van der Waals surface area contributed by atoms with Crippen molar-refractivity contribution < 1.29 is 220 Å². The summed E-state index contributed by atoms with van der Waals surface area (Å²) in [4.78, 5) is 380. The minimum Gasteiger partial charge on any atom is -0.481 e. The van der Waals surface area contributed by atoms with Crippen molar-refractivity contribution in [2.24, 2.45) is 22.9 Å². The first-order valence-corrected chi connectivity index (χ1v) is 38.9. The van der Waals surface area contributed by atoms with Crippen LogP contribution in [0.1, 0.15) is 57.8 Å². The summed E-state index contributed by atoms with van der Waals surface area (Å²) in [6.45, 7) is -15.4. The van der Waals surface area contributed by atoms with Gasteiger partial charge in [0.25, 0.3) is 0 Å². The minimum absolute atomic E-state index is 0.948. The van der Waals surface area contributed by atoms with Gasteiger partial charge in [-0.3, -0.25) is 139 Å². The predicted molar refractivity (Wildman–Crippen MR) is 430 cm³/mol. The highest BCUT2D eigenvalue weighted by Crippen LogP contribution is 2.08. The highest BCUT2D eigenvalue weighted by molar-refractivity contribution is 6.05. The first-order valence-electron chi connectivity index (χ1n) is 38.9. The topological polar surface area (TPSA) is 1160 Å². The number of carbonyl (C=O) groups excluding carboxylic acids is 23. The van der Waals surface area contributed by atoms with Crippen LogP contribution in [0.2, 0.25) is 0 Å². The van der Waals surface area contributed by atoms with Crippen molar-refractivity contribution in [1.29, 1.82) is 0 Å². The van der Waals surface area contributed by atoms with Gasteiger partial charge in [-0.2, -0.15) is 0 Å². The molecule has 0 aromatic heterocycles. The number of rotatable bonds is 67. The zero-order valence-corrected chi connectivity index (χ0v) is 70.9. The second kappa shape index (κ2) is 61.5. The summed E-state index contributed by atoms with van der Waals surface area (Å²) in [6.07, 6.45) is -11.7. The molecule has 0 saturated heterocycles. The lowest BCUT2D eigenvalue weighted by Gasteiger charge is -2.26. The Labute approximate surface area is 764 Å². The molecular weight excluding hydrogens is 1870 g/mol. The molecular formula is C68H102N24O45. The summed E-state index contributed by atoms with van der Waals surface area (Å²) in [7, 11) is 0. The van der Waals surface area contributed by atoms with Gasteiger partial charge in [-0.25, -0.2) is 4.79 Å². The molecule has 69 heteroatoms. The van der Waals surface area contributed by atoms with E-state index in [1.807, 2.05) is 63.8 Å². The van der Waals surface area contributed by atoms with E-state index in [4.69, 9.17) is 38.3 Å². The molecule has 0 heterocycles. The second-order valence-electron chi connectivity index (χ2n) is 28.1. The van der Waals surface area contributed by atoms with Gasteiger partial charge in [-0.1, -0.05) is 0 Å². The highest BCUT2D eigenvalue weighted by Gasteiger charge is 2.41. The van der Waals surface area contributed by atoms with E-state index >= 15 is 0 Å². The average molecular weight is 1980 g/mol. The fourth-order valence-corrected chi connectivity index (χ4v) is 10.4. The van der Waals surface area contributed by atoms with Gasteiger partial charge in [-0.15, -0.1) is 0 Å². The molecule has 43 N–H and O–H groups in total. The zero-order valence-electron chi connectivity index (χ0n) is 70.9. The predicted octanol–water partition coefficient (Wildman–Crippen LogP) is -27.0.